The lowest BCUT2D eigenvalue weighted by Gasteiger charge is -2.30. The van der Waals surface area contributed by atoms with E-state index < -0.39 is 0 Å². The van der Waals surface area contributed by atoms with Crippen LogP contribution < -0.4 is 10.1 Å². The van der Waals surface area contributed by atoms with E-state index in [0.717, 1.165) is 18.6 Å². The van der Waals surface area contributed by atoms with Crippen LogP contribution in [0.3, 0.4) is 0 Å². The minimum atomic E-state index is 0.288. The first-order valence-electron chi connectivity index (χ1n) is 6.28. The fourth-order valence-electron chi connectivity index (χ4n) is 2.22. The summed E-state index contributed by atoms with van der Waals surface area (Å²) < 4.78 is 5.38. The van der Waals surface area contributed by atoms with Crippen LogP contribution in [0.4, 0.5) is 0 Å². The lowest BCUT2D eigenvalue weighted by Crippen LogP contribution is -2.38. The number of rotatable bonds is 5. The molecule has 0 saturated carbocycles. The summed E-state index contributed by atoms with van der Waals surface area (Å²) in [5.41, 5.74) is 1.58. The highest BCUT2D eigenvalue weighted by Crippen LogP contribution is 2.25. The van der Waals surface area contributed by atoms with Crippen LogP contribution in [0.25, 0.3) is 0 Å². The molecular formula is C15H25NO. The molecule has 1 N–H and O–H groups in total. The zero-order valence-corrected chi connectivity index (χ0v) is 11.7. The molecule has 0 radical (unpaired) electrons. The molecule has 0 saturated heterocycles. The first-order valence-corrected chi connectivity index (χ1v) is 6.28. The smallest absolute Gasteiger partial charge is 0.122 e. The number of hydrogen-bond donors (Lipinski definition) is 1. The number of hydrogen-bond acceptors (Lipinski definition) is 2. The third-order valence-electron chi connectivity index (χ3n) is 3.29. The van der Waals surface area contributed by atoms with Crippen LogP contribution in [0, 0.1) is 5.41 Å². The average Bonchev–Trinajstić information content (AvgIpc) is 2.28. The SMILES string of the molecule is CNC(CCc1ccccc1OC)C(C)(C)C. The van der Waals surface area contributed by atoms with Gasteiger partial charge in [0.25, 0.3) is 0 Å². The number of benzene rings is 1. The number of aryl methyl sites for hydroxylation is 1. The Bertz CT molecular complexity index is 341. The highest BCUT2D eigenvalue weighted by molar-refractivity contribution is 5.33. The number of para-hydroxylation sites is 1. The molecule has 17 heavy (non-hydrogen) atoms. The number of ether oxygens (including phenoxy) is 1. The molecule has 0 heterocycles. The van der Waals surface area contributed by atoms with Crippen molar-refractivity contribution in [1.29, 1.82) is 0 Å². The van der Waals surface area contributed by atoms with E-state index in [-0.39, 0.29) is 5.41 Å². The minimum Gasteiger partial charge on any atom is -0.496 e. The van der Waals surface area contributed by atoms with Crippen LogP contribution in [-0.2, 0) is 6.42 Å². The quantitative estimate of drug-likeness (QED) is 0.846. The summed E-state index contributed by atoms with van der Waals surface area (Å²) in [6.45, 7) is 6.82. The Kier molecular flexibility index (Phi) is 5.01. The summed E-state index contributed by atoms with van der Waals surface area (Å²) in [4.78, 5) is 0. The van der Waals surface area contributed by atoms with Crippen LogP contribution >= 0.6 is 0 Å². The molecule has 96 valence electrons. The molecule has 0 bridgehead atoms. The maximum atomic E-state index is 5.38. The van der Waals surface area contributed by atoms with Crippen molar-refractivity contribution in [3.63, 3.8) is 0 Å². The third kappa shape index (κ3) is 4.04. The van der Waals surface area contributed by atoms with Crippen molar-refractivity contribution >= 4 is 0 Å². The van der Waals surface area contributed by atoms with Gasteiger partial charge in [-0.05, 0) is 36.9 Å². The van der Waals surface area contributed by atoms with Crippen molar-refractivity contribution in [2.45, 2.75) is 39.7 Å². The van der Waals surface area contributed by atoms with Gasteiger partial charge in [-0.3, -0.25) is 0 Å². The van der Waals surface area contributed by atoms with Gasteiger partial charge in [0.2, 0.25) is 0 Å². The predicted octanol–water partition coefficient (Wildman–Crippen LogP) is 3.26. The lowest BCUT2D eigenvalue weighted by atomic mass is 9.83. The van der Waals surface area contributed by atoms with Gasteiger partial charge in [-0.25, -0.2) is 0 Å². The van der Waals surface area contributed by atoms with Crippen molar-refractivity contribution in [2.75, 3.05) is 14.2 Å². The molecule has 2 nitrogen and oxygen atoms in total. The summed E-state index contributed by atoms with van der Waals surface area (Å²) in [6, 6.07) is 8.78. The second kappa shape index (κ2) is 6.06. The Morgan fingerprint density at radius 2 is 1.88 bits per heavy atom. The topological polar surface area (TPSA) is 21.3 Å². The van der Waals surface area contributed by atoms with E-state index in [1.807, 2.05) is 19.2 Å². The van der Waals surface area contributed by atoms with Gasteiger partial charge in [0, 0.05) is 6.04 Å². The molecule has 0 aliphatic carbocycles. The van der Waals surface area contributed by atoms with Crippen LogP contribution in [0.1, 0.15) is 32.8 Å². The molecule has 0 fully saturated rings. The van der Waals surface area contributed by atoms with Crippen molar-refractivity contribution in [1.82, 2.24) is 5.32 Å². The fourth-order valence-corrected chi connectivity index (χ4v) is 2.22. The van der Waals surface area contributed by atoms with Crippen LogP contribution in [0.2, 0.25) is 0 Å². The molecule has 1 unspecified atom stereocenters. The second-order valence-electron chi connectivity index (χ2n) is 5.56. The van der Waals surface area contributed by atoms with Gasteiger partial charge in [0.1, 0.15) is 5.75 Å². The van der Waals surface area contributed by atoms with Gasteiger partial charge in [-0.1, -0.05) is 39.0 Å². The first-order chi connectivity index (χ1) is 7.99. The van der Waals surface area contributed by atoms with E-state index >= 15 is 0 Å². The highest BCUT2D eigenvalue weighted by Gasteiger charge is 2.22. The Labute approximate surface area is 105 Å². The summed E-state index contributed by atoms with van der Waals surface area (Å²) in [7, 11) is 3.77. The zero-order valence-electron chi connectivity index (χ0n) is 11.7. The van der Waals surface area contributed by atoms with Crippen molar-refractivity contribution < 1.29 is 4.74 Å². The van der Waals surface area contributed by atoms with Gasteiger partial charge in [0.15, 0.2) is 0 Å². The normalized spacial score (nSPS) is 13.5. The van der Waals surface area contributed by atoms with Crippen LogP contribution in [-0.4, -0.2) is 20.2 Å². The Morgan fingerprint density at radius 3 is 2.41 bits per heavy atom. The summed E-state index contributed by atoms with van der Waals surface area (Å²) >= 11 is 0. The average molecular weight is 235 g/mol. The molecule has 0 aliphatic heterocycles. The van der Waals surface area contributed by atoms with E-state index in [9.17, 15) is 0 Å². The minimum absolute atomic E-state index is 0.288. The van der Waals surface area contributed by atoms with Crippen molar-refractivity contribution in [3.8, 4) is 5.75 Å². The first kappa shape index (κ1) is 14.0. The molecule has 0 aromatic heterocycles. The number of methoxy groups -OCH3 is 1. The Morgan fingerprint density at radius 1 is 1.24 bits per heavy atom. The molecule has 1 aromatic rings. The molecule has 2 heteroatoms. The van der Waals surface area contributed by atoms with Gasteiger partial charge < -0.3 is 10.1 Å². The Hall–Kier alpha value is -1.02. The molecule has 0 spiro atoms. The van der Waals surface area contributed by atoms with E-state index in [1.165, 1.54) is 5.56 Å². The molecule has 1 rings (SSSR count). The zero-order chi connectivity index (χ0) is 12.9. The van der Waals surface area contributed by atoms with Gasteiger partial charge in [-0.15, -0.1) is 0 Å². The summed E-state index contributed by atoms with van der Waals surface area (Å²) in [5.74, 6) is 0.997. The van der Waals surface area contributed by atoms with E-state index in [2.05, 4.69) is 38.2 Å². The van der Waals surface area contributed by atoms with Crippen LogP contribution in [0.15, 0.2) is 24.3 Å². The maximum Gasteiger partial charge on any atom is 0.122 e. The van der Waals surface area contributed by atoms with E-state index in [0.29, 0.717) is 6.04 Å². The standard InChI is InChI=1S/C15H25NO/c1-15(2,3)14(16-4)11-10-12-8-6-7-9-13(12)17-5/h6-9,14,16H,10-11H2,1-5H3. The third-order valence-corrected chi connectivity index (χ3v) is 3.29. The number of nitrogens with one attached hydrogen (secondary N) is 1. The molecule has 0 amide bonds. The van der Waals surface area contributed by atoms with Gasteiger partial charge in [-0.2, -0.15) is 0 Å². The van der Waals surface area contributed by atoms with Gasteiger partial charge in [0.05, 0.1) is 7.11 Å². The molecular weight excluding hydrogens is 210 g/mol. The molecule has 0 aliphatic rings. The molecule has 1 aromatic carbocycles. The largest absolute Gasteiger partial charge is 0.496 e. The van der Waals surface area contributed by atoms with Crippen LogP contribution in [0.5, 0.6) is 5.75 Å². The maximum absolute atomic E-state index is 5.38. The van der Waals surface area contributed by atoms with Crippen molar-refractivity contribution in [2.24, 2.45) is 5.41 Å². The summed E-state index contributed by atoms with van der Waals surface area (Å²) in [6.07, 6.45) is 2.17. The fraction of sp³-hybridized carbons (Fsp3) is 0.600. The van der Waals surface area contributed by atoms with Crippen molar-refractivity contribution in [3.05, 3.63) is 29.8 Å². The van der Waals surface area contributed by atoms with Gasteiger partial charge >= 0.3 is 0 Å². The highest BCUT2D eigenvalue weighted by atomic mass is 16.5. The molecule has 1 atom stereocenters. The van der Waals surface area contributed by atoms with E-state index in [4.69, 9.17) is 4.74 Å². The monoisotopic (exact) mass is 235 g/mol. The second-order valence-corrected chi connectivity index (χ2v) is 5.56. The summed E-state index contributed by atoms with van der Waals surface area (Å²) in [5, 5.41) is 3.41. The van der Waals surface area contributed by atoms with E-state index in [1.54, 1.807) is 7.11 Å². The Balaban J connectivity index is 2.66. The lowest BCUT2D eigenvalue weighted by molar-refractivity contribution is 0.267. The predicted molar refractivity (Wildman–Crippen MR) is 73.6 cm³/mol.